The van der Waals surface area contributed by atoms with Gasteiger partial charge < -0.3 is 14.6 Å². The number of aromatic nitrogens is 7. The molecule has 0 bridgehead atoms. The van der Waals surface area contributed by atoms with Crippen molar-refractivity contribution in [2.45, 2.75) is 38.3 Å². The number of nitrogens with one attached hydrogen (secondary N) is 2. The number of hydrogen-bond donors (Lipinski definition) is 2. The average molecular weight is 564 g/mol. The standard InChI is InChI=1S/C26H23ClFN9O3/c1-2-40-26(39)33-24-16(4-3-9-29-24)18-12-30-25(32-18)20-7-5-15-10-14(11-21(38)37(15)20)22-19(36-13-31-34-35-36)8-6-17(27)23(22)28/h3-4,6,8-9,11-13,15,20H,2,5,7,10H2,1H3,(H,30,32)(H,29,33,39)/t15-,20+/m1/s1. The van der Waals surface area contributed by atoms with Crippen LogP contribution in [0.1, 0.15) is 43.6 Å². The third-order valence-electron chi connectivity index (χ3n) is 6.99. The first kappa shape index (κ1) is 25.6. The maximum absolute atomic E-state index is 15.3. The van der Waals surface area contributed by atoms with Gasteiger partial charge in [-0.2, -0.15) is 4.68 Å². The zero-order valence-corrected chi connectivity index (χ0v) is 22.0. The number of amides is 2. The summed E-state index contributed by atoms with van der Waals surface area (Å²) in [6.45, 7) is 1.94. The predicted molar refractivity (Wildman–Crippen MR) is 142 cm³/mol. The summed E-state index contributed by atoms with van der Waals surface area (Å²) in [5, 5.41) is 13.7. The molecular formula is C26H23ClFN9O3. The molecule has 6 rings (SSSR count). The van der Waals surface area contributed by atoms with Crippen molar-refractivity contribution in [2.75, 3.05) is 11.9 Å². The Morgan fingerprint density at radius 2 is 2.17 bits per heavy atom. The highest BCUT2D eigenvalue weighted by Gasteiger charge is 2.42. The third kappa shape index (κ3) is 4.57. The van der Waals surface area contributed by atoms with Gasteiger partial charge in [-0.1, -0.05) is 11.6 Å². The summed E-state index contributed by atoms with van der Waals surface area (Å²) in [7, 11) is 0. The maximum Gasteiger partial charge on any atom is 0.412 e. The normalized spacial score (nSPS) is 18.4. The number of nitrogens with zero attached hydrogens (tertiary/aromatic N) is 7. The molecule has 2 N–H and O–H groups in total. The molecule has 2 amide bonds. The number of ether oxygens (including phenoxy) is 1. The molecule has 204 valence electrons. The van der Waals surface area contributed by atoms with E-state index in [0.717, 1.165) is 0 Å². The third-order valence-corrected chi connectivity index (χ3v) is 7.28. The zero-order valence-electron chi connectivity index (χ0n) is 21.2. The molecule has 1 saturated heterocycles. The fourth-order valence-corrected chi connectivity index (χ4v) is 5.48. The average Bonchev–Trinajstić information content (AvgIpc) is 3.71. The van der Waals surface area contributed by atoms with Gasteiger partial charge in [0.2, 0.25) is 5.91 Å². The lowest BCUT2D eigenvalue weighted by atomic mass is 9.92. The summed E-state index contributed by atoms with van der Waals surface area (Å²) in [4.78, 5) is 39.4. The number of anilines is 1. The van der Waals surface area contributed by atoms with Gasteiger partial charge in [-0.3, -0.25) is 10.1 Å². The summed E-state index contributed by atoms with van der Waals surface area (Å²) in [5.74, 6) is 0.0414. The number of hydrogen-bond acceptors (Lipinski definition) is 8. The molecule has 2 aliphatic rings. The lowest BCUT2D eigenvalue weighted by Gasteiger charge is -2.33. The molecule has 1 fully saturated rings. The second-order valence-corrected chi connectivity index (χ2v) is 9.70. The molecule has 4 aromatic rings. The monoisotopic (exact) mass is 563 g/mol. The van der Waals surface area contributed by atoms with E-state index in [9.17, 15) is 9.59 Å². The Kier molecular flexibility index (Phi) is 6.72. The van der Waals surface area contributed by atoms with Gasteiger partial charge in [-0.05, 0) is 66.5 Å². The smallest absolute Gasteiger partial charge is 0.412 e. The highest BCUT2D eigenvalue weighted by Crippen LogP contribution is 2.44. The number of imidazole rings is 1. The van der Waals surface area contributed by atoms with Crippen molar-refractivity contribution >= 4 is 35.0 Å². The molecule has 0 saturated carbocycles. The SMILES string of the molecule is CCOC(=O)Nc1ncccc1-c1c[nH]c([C@@H]2CC[C@@H]3CC(c4c(-n5cnnn5)ccc(Cl)c4F)=CC(=O)N32)n1. The van der Waals surface area contributed by atoms with Crippen LogP contribution in [0, 0.1) is 5.82 Å². The van der Waals surface area contributed by atoms with Crippen LogP contribution in [0.3, 0.4) is 0 Å². The molecule has 0 aliphatic carbocycles. The second kappa shape index (κ2) is 10.5. The molecule has 3 aromatic heterocycles. The quantitative estimate of drug-likeness (QED) is 0.353. The zero-order chi connectivity index (χ0) is 27.8. The molecule has 40 heavy (non-hydrogen) atoms. The predicted octanol–water partition coefficient (Wildman–Crippen LogP) is 4.33. The minimum Gasteiger partial charge on any atom is -0.450 e. The van der Waals surface area contributed by atoms with Gasteiger partial charge in [0.25, 0.3) is 0 Å². The Bertz CT molecular complexity index is 1620. The molecule has 2 aliphatic heterocycles. The van der Waals surface area contributed by atoms with Crippen LogP contribution in [0.2, 0.25) is 5.02 Å². The second-order valence-electron chi connectivity index (χ2n) is 9.29. The van der Waals surface area contributed by atoms with E-state index >= 15 is 4.39 Å². The molecule has 5 heterocycles. The van der Waals surface area contributed by atoms with E-state index in [-0.39, 0.29) is 35.2 Å². The van der Waals surface area contributed by atoms with Gasteiger partial charge >= 0.3 is 6.09 Å². The highest BCUT2D eigenvalue weighted by molar-refractivity contribution is 6.31. The van der Waals surface area contributed by atoms with E-state index in [0.29, 0.717) is 53.4 Å². The fraction of sp³-hybridized carbons (Fsp3) is 0.269. The number of H-pyrrole nitrogens is 1. The van der Waals surface area contributed by atoms with E-state index < -0.39 is 11.9 Å². The Balaban J connectivity index is 1.29. The lowest BCUT2D eigenvalue weighted by Crippen LogP contribution is -2.39. The Labute approximate surface area is 232 Å². The van der Waals surface area contributed by atoms with Crippen molar-refractivity contribution in [2.24, 2.45) is 0 Å². The maximum atomic E-state index is 15.3. The van der Waals surface area contributed by atoms with Crippen LogP contribution < -0.4 is 5.32 Å². The highest BCUT2D eigenvalue weighted by atomic mass is 35.5. The summed E-state index contributed by atoms with van der Waals surface area (Å²) >= 11 is 6.12. The van der Waals surface area contributed by atoms with Gasteiger partial charge in [0.15, 0.2) is 5.82 Å². The summed E-state index contributed by atoms with van der Waals surface area (Å²) in [5.41, 5.74) is 2.29. The molecule has 0 radical (unpaired) electrons. The Morgan fingerprint density at radius 3 is 2.98 bits per heavy atom. The van der Waals surface area contributed by atoms with Crippen molar-refractivity contribution < 1.29 is 18.7 Å². The van der Waals surface area contributed by atoms with E-state index in [1.54, 1.807) is 42.4 Å². The summed E-state index contributed by atoms with van der Waals surface area (Å²) in [6.07, 6.45) is 7.27. The van der Waals surface area contributed by atoms with E-state index in [4.69, 9.17) is 21.3 Å². The first-order valence-electron chi connectivity index (χ1n) is 12.6. The summed E-state index contributed by atoms with van der Waals surface area (Å²) < 4.78 is 21.6. The number of benzene rings is 1. The number of fused-ring (bicyclic) bond motifs is 1. The number of pyridine rings is 1. The number of aromatic amines is 1. The first-order valence-corrected chi connectivity index (χ1v) is 13.0. The molecule has 1 aromatic carbocycles. The molecule has 2 atom stereocenters. The molecule has 0 spiro atoms. The van der Waals surface area contributed by atoms with Crippen molar-refractivity contribution in [3.8, 4) is 16.9 Å². The number of carbonyl (C=O) groups is 2. The van der Waals surface area contributed by atoms with Crippen LogP contribution in [0.5, 0.6) is 0 Å². The van der Waals surface area contributed by atoms with Gasteiger partial charge in [-0.25, -0.2) is 19.2 Å². The van der Waals surface area contributed by atoms with Crippen molar-refractivity contribution in [1.82, 2.24) is 40.1 Å². The molecular weight excluding hydrogens is 541 g/mol. The summed E-state index contributed by atoms with van der Waals surface area (Å²) in [6, 6.07) is 6.13. The van der Waals surface area contributed by atoms with Gasteiger partial charge in [0.05, 0.1) is 29.1 Å². The Hall–Kier alpha value is -4.65. The molecule has 12 nitrogen and oxygen atoms in total. The van der Waals surface area contributed by atoms with E-state index in [1.165, 1.54) is 23.2 Å². The minimum absolute atomic E-state index is 0.0535. The number of carbonyl (C=O) groups excluding carboxylic acids is 2. The van der Waals surface area contributed by atoms with Crippen LogP contribution >= 0.6 is 11.6 Å². The van der Waals surface area contributed by atoms with E-state index in [2.05, 4.69) is 30.8 Å². The number of tetrazole rings is 1. The van der Waals surface area contributed by atoms with Crippen LogP contribution in [0.25, 0.3) is 22.5 Å². The van der Waals surface area contributed by atoms with Crippen LogP contribution in [0.4, 0.5) is 15.0 Å². The minimum atomic E-state index is -0.629. The van der Waals surface area contributed by atoms with Crippen molar-refractivity contribution in [3.05, 3.63) is 71.3 Å². The van der Waals surface area contributed by atoms with Crippen molar-refractivity contribution in [3.63, 3.8) is 0 Å². The molecule has 14 heteroatoms. The number of halogens is 2. The van der Waals surface area contributed by atoms with Crippen LogP contribution in [-0.2, 0) is 9.53 Å². The van der Waals surface area contributed by atoms with Crippen LogP contribution in [-0.4, -0.2) is 64.7 Å². The topological polar surface area (TPSA) is 144 Å². The van der Waals surface area contributed by atoms with Gasteiger partial charge in [-0.15, -0.1) is 5.10 Å². The van der Waals surface area contributed by atoms with E-state index in [1.807, 2.05) is 0 Å². The van der Waals surface area contributed by atoms with Crippen LogP contribution in [0.15, 0.2) is 49.1 Å². The largest absolute Gasteiger partial charge is 0.450 e. The van der Waals surface area contributed by atoms with Gasteiger partial charge in [0.1, 0.15) is 18.0 Å². The Morgan fingerprint density at radius 1 is 1.30 bits per heavy atom. The lowest BCUT2D eigenvalue weighted by molar-refractivity contribution is -0.129. The molecule has 0 unspecified atom stereocenters. The fourth-order valence-electron chi connectivity index (χ4n) is 5.33. The first-order chi connectivity index (χ1) is 19.4. The van der Waals surface area contributed by atoms with Crippen molar-refractivity contribution in [1.29, 1.82) is 0 Å². The van der Waals surface area contributed by atoms with Gasteiger partial charge in [0, 0.05) is 35.6 Å². The number of rotatable bonds is 6.